The van der Waals surface area contributed by atoms with Crippen molar-refractivity contribution >= 4 is 39.3 Å². The molecule has 0 aliphatic carbocycles. The summed E-state index contributed by atoms with van der Waals surface area (Å²) in [6.45, 7) is 7.90. The van der Waals surface area contributed by atoms with Gasteiger partial charge in [0.2, 0.25) is 0 Å². The molecule has 0 radical (unpaired) electrons. The fourth-order valence-corrected chi connectivity index (χ4v) is 6.79. The molecular formula is C32H31BrFN3O4S. The molecule has 0 bridgehead atoms. The number of hydrogen-bond acceptors (Lipinski definition) is 6. The van der Waals surface area contributed by atoms with Crippen LogP contribution in [0.4, 0.5) is 4.39 Å². The lowest BCUT2D eigenvalue weighted by atomic mass is 9.93. The Bertz CT molecular complexity index is 1890. The number of hydrogen-bond donors (Lipinski definition) is 0. The van der Waals surface area contributed by atoms with Crippen molar-refractivity contribution in [3.8, 4) is 11.4 Å². The second-order valence-electron chi connectivity index (χ2n) is 9.94. The lowest BCUT2D eigenvalue weighted by molar-refractivity contribution is -0.139. The summed E-state index contributed by atoms with van der Waals surface area (Å²) in [5.74, 6) is -0.266. The minimum atomic E-state index is -0.789. The number of ether oxygens (including phenoxy) is 2. The molecule has 0 fully saturated rings. The van der Waals surface area contributed by atoms with E-state index in [1.54, 1.807) is 30.7 Å². The predicted octanol–water partition coefficient (Wildman–Crippen LogP) is 5.90. The first-order chi connectivity index (χ1) is 20.2. The number of nitrogens with zero attached hydrogens (tertiary/aromatic N) is 3. The Morgan fingerprint density at radius 3 is 2.55 bits per heavy atom. The largest absolute Gasteiger partial charge is 0.496 e. The van der Waals surface area contributed by atoms with Crippen LogP contribution in [0.1, 0.15) is 55.2 Å². The van der Waals surface area contributed by atoms with E-state index in [9.17, 15) is 14.0 Å². The van der Waals surface area contributed by atoms with Gasteiger partial charge in [0, 0.05) is 27.1 Å². The van der Waals surface area contributed by atoms with E-state index in [0.29, 0.717) is 38.3 Å². The molecule has 0 unspecified atom stereocenters. The topological polar surface area (TPSA) is 74.8 Å². The van der Waals surface area contributed by atoms with Crippen LogP contribution < -0.4 is 19.6 Å². The maximum Gasteiger partial charge on any atom is 0.338 e. The molecule has 3 heterocycles. The zero-order valence-electron chi connectivity index (χ0n) is 24.0. The molecule has 7 nitrogen and oxygen atoms in total. The van der Waals surface area contributed by atoms with Crippen molar-refractivity contribution in [2.24, 2.45) is 4.99 Å². The number of carbonyl (C=O) groups is 1. The number of halogens is 2. The molecule has 2 aromatic carbocycles. The van der Waals surface area contributed by atoms with E-state index < -0.39 is 12.0 Å². The monoisotopic (exact) mass is 651 g/mol. The van der Waals surface area contributed by atoms with Crippen LogP contribution in [0.25, 0.3) is 11.8 Å². The number of methoxy groups -OCH3 is 1. The van der Waals surface area contributed by atoms with Gasteiger partial charge in [-0.1, -0.05) is 40.6 Å². The molecule has 10 heteroatoms. The lowest BCUT2D eigenvalue weighted by Crippen LogP contribution is -2.40. The van der Waals surface area contributed by atoms with Gasteiger partial charge >= 0.3 is 5.97 Å². The SMILES string of the molecule is CCCC1=C(C(=O)OCC)[C@@H](c2cc(Br)ccc2OC)n2c(s/c(=C/c3cc(C)n(-c4ccc(F)cc4)c3C)c2=O)=N1. The van der Waals surface area contributed by atoms with Crippen LogP contribution in [0.3, 0.4) is 0 Å². The maximum atomic E-state index is 14.2. The normalized spacial score (nSPS) is 15.0. The van der Waals surface area contributed by atoms with Crippen molar-refractivity contribution in [1.29, 1.82) is 0 Å². The molecule has 1 aliphatic rings. The van der Waals surface area contributed by atoms with E-state index in [-0.39, 0.29) is 18.0 Å². The highest BCUT2D eigenvalue weighted by Crippen LogP contribution is 2.38. The Morgan fingerprint density at radius 1 is 1.14 bits per heavy atom. The van der Waals surface area contributed by atoms with E-state index in [1.807, 2.05) is 55.7 Å². The molecular weight excluding hydrogens is 621 g/mol. The first kappa shape index (κ1) is 29.7. The molecule has 42 heavy (non-hydrogen) atoms. The van der Waals surface area contributed by atoms with Gasteiger partial charge in [-0.25, -0.2) is 14.2 Å². The van der Waals surface area contributed by atoms with Gasteiger partial charge in [0.05, 0.1) is 29.5 Å². The van der Waals surface area contributed by atoms with E-state index in [0.717, 1.165) is 33.5 Å². The Morgan fingerprint density at radius 2 is 1.88 bits per heavy atom. The number of allylic oxidation sites excluding steroid dienone is 1. The molecule has 5 rings (SSSR count). The van der Waals surface area contributed by atoms with E-state index >= 15 is 0 Å². The summed E-state index contributed by atoms with van der Waals surface area (Å²) in [7, 11) is 1.56. The van der Waals surface area contributed by atoms with Crippen LogP contribution in [0.2, 0.25) is 0 Å². The minimum absolute atomic E-state index is 0.193. The van der Waals surface area contributed by atoms with Crippen LogP contribution in [-0.4, -0.2) is 28.8 Å². The summed E-state index contributed by atoms with van der Waals surface area (Å²) in [4.78, 5) is 33.0. The first-order valence-electron chi connectivity index (χ1n) is 13.7. The summed E-state index contributed by atoms with van der Waals surface area (Å²) in [6.07, 6.45) is 3.16. The zero-order valence-corrected chi connectivity index (χ0v) is 26.4. The molecule has 2 aromatic heterocycles. The van der Waals surface area contributed by atoms with Gasteiger partial charge in [0.25, 0.3) is 5.56 Å². The summed E-state index contributed by atoms with van der Waals surface area (Å²) in [5.41, 5.74) is 4.87. The fraction of sp³-hybridized carbons (Fsp3) is 0.281. The van der Waals surface area contributed by atoms with Gasteiger partial charge in [-0.15, -0.1) is 0 Å². The van der Waals surface area contributed by atoms with Crippen molar-refractivity contribution < 1.29 is 18.7 Å². The second-order valence-corrected chi connectivity index (χ2v) is 11.9. The molecule has 1 atom stereocenters. The summed E-state index contributed by atoms with van der Waals surface area (Å²) >= 11 is 4.83. The average Bonchev–Trinajstić information content (AvgIpc) is 3.42. The second kappa shape index (κ2) is 12.2. The Balaban J connectivity index is 1.76. The number of benzene rings is 2. The third-order valence-electron chi connectivity index (χ3n) is 7.22. The van der Waals surface area contributed by atoms with Crippen molar-refractivity contribution in [3.05, 3.63) is 112 Å². The van der Waals surface area contributed by atoms with Crippen LogP contribution >= 0.6 is 27.3 Å². The maximum absolute atomic E-state index is 14.2. The van der Waals surface area contributed by atoms with Gasteiger partial charge in [-0.3, -0.25) is 9.36 Å². The van der Waals surface area contributed by atoms with Gasteiger partial charge in [0.15, 0.2) is 4.80 Å². The van der Waals surface area contributed by atoms with Crippen LogP contribution in [-0.2, 0) is 9.53 Å². The van der Waals surface area contributed by atoms with E-state index in [4.69, 9.17) is 14.5 Å². The quantitative estimate of drug-likeness (QED) is 0.223. The molecule has 0 saturated carbocycles. The average molecular weight is 653 g/mol. The number of fused-ring (bicyclic) bond motifs is 1. The highest BCUT2D eigenvalue weighted by molar-refractivity contribution is 9.10. The van der Waals surface area contributed by atoms with Crippen LogP contribution in [0.15, 0.2) is 74.1 Å². The molecule has 0 N–H and O–H groups in total. The fourth-order valence-electron chi connectivity index (χ4n) is 5.40. The third kappa shape index (κ3) is 5.41. The van der Waals surface area contributed by atoms with E-state index in [1.165, 1.54) is 23.5 Å². The lowest BCUT2D eigenvalue weighted by Gasteiger charge is -2.27. The zero-order chi connectivity index (χ0) is 30.1. The van der Waals surface area contributed by atoms with Gasteiger partial charge in [-0.05, 0) is 87.4 Å². The molecule has 0 amide bonds. The molecule has 0 spiro atoms. The van der Waals surface area contributed by atoms with Crippen molar-refractivity contribution in [2.45, 2.75) is 46.6 Å². The number of carbonyl (C=O) groups excluding carboxylic acids is 1. The Hall–Kier alpha value is -3.76. The number of aromatic nitrogens is 2. The number of rotatable bonds is 8. The summed E-state index contributed by atoms with van der Waals surface area (Å²) < 4.78 is 29.6. The van der Waals surface area contributed by atoms with Crippen LogP contribution in [0, 0.1) is 19.7 Å². The number of thiazole rings is 1. The highest BCUT2D eigenvalue weighted by atomic mass is 79.9. The van der Waals surface area contributed by atoms with Crippen LogP contribution in [0.5, 0.6) is 5.75 Å². The Kier molecular flexibility index (Phi) is 8.65. The van der Waals surface area contributed by atoms with Crippen molar-refractivity contribution in [3.63, 3.8) is 0 Å². The number of esters is 1. The molecule has 1 aliphatic heterocycles. The summed E-state index contributed by atoms with van der Waals surface area (Å²) in [6, 6.07) is 13.0. The van der Waals surface area contributed by atoms with Gasteiger partial charge in [-0.2, -0.15) is 0 Å². The van der Waals surface area contributed by atoms with Crippen molar-refractivity contribution in [2.75, 3.05) is 13.7 Å². The first-order valence-corrected chi connectivity index (χ1v) is 15.3. The van der Waals surface area contributed by atoms with Gasteiger partial charge < -0.3 is 14.0 Å². The molecule has 4 aromatic rings. The summed E-state index contributed by atoms with van der Waals surface area (Å²) in [5, 5.41) is 0. The molecule has 0 saturated heterocycles. The standard InChI is InChI=1S/C32H31BrFN3O4S/c1-6-8-25-28(31(39)41-7-2)29(24-17-21(33)9-14-26(24)40-5)37-30(38)27(42-32(37)35-25)16-20-15-18(3)36(19(20)4)23-12-10-22(34)11-13-23/h9-17,29H,6-8H2,1-5H3/b27-16+/t29-/m1/s1. The van der Waals surface area contributed by atoms with E-state index in [2.05, 4.69) is 15.9 Å². The van der Waals surface area contributed by atoms with Gasteiger partial charge in [0.1, 0.15) is 17.6 Å². The predicted molar refractivity (Wildman–Crippen MR) is 166 cm³/mol. The van der Waals surface area contributed by atoms with Crippen molar-refractivity contribution in [1.82, 2.24) is 9.13 Å². The highest BCUT2D eigenvalue weighted by Gasteiger charge is 2.36. The number of aryl methyl sites for hydroxylation is 1. The minimum Gasteiger partial charge on any atom is -0.496 e. The third-order valence-corrected chi connectivity index (χ3v) is 8.70. The smallest absolute Gasteiger partial charge is 0.338 e. The Labute approximate surface area is 255 Å². The molecule has 218 valence electrons.